The summed E-state index contributed by atoms with van der Waals surface area (Å²) >= 11 is 0. The molecule has 0 heterocycles. The summed E-state index contributed by atoms with van der Waals surface area (Å²) in [4.78, 5) is 0. The average molecular weight is 526 g/mol. The van der Waals surface area contributed by atoms with Crippen LogP contribution in [0.15, 0.2) is 109 Å². The van der Waals surface area contributed by atoms with E-state index in [0.717, 1.165) is 6.42 Å². The minimum atomic E-state index is -0.510. The van der Waals surface area contributed by atoms with Crippen LogP contribution in [-0.4, -0.2) is 0 Å². The number of hydrogen-bond donors (Lipinski definition) is 0. The highest BCUT2D eigenvalue weighted by atomic mass is 14.6. The van der Waals surface area contributed by atoms with Crippen molar-refractivity contribution in [1.82, 2.24) is 0 Å². The Bertz CT molecular complexity index is 2090. The molecule has 0 unspecified atom stereocenters. The van der Waals surface area contributed by atoms with Gasteiger partial charge in [-0.15, -0.1) is 0 Å². The number of nitriles is 1. The second kappa shape index (κ2) is 8.08. The van der Waals surface area contributed by atoms with Gasteiger partial charge in [0.2, 0.25) is 0 Å². The molecule has 0 aliphatic heterocycles. The van der Waals surface area contributed by atoms with E-state index in [2.05, 4.69) is 129 Å². The molecule has 6 aromatic rings. The summed E-state index contributed by atoms with van der Waals surface area (Å²) in [6.45, 7) is 4.33. The lowest BCUT2D eigenvalue weighted by molar-refractivity contribution is 0.287. The standard InChI is InChI=1S/C40H31N/c1-40(2,22-41)39-31-20-8-14-25-13-7-19-30(35(25)31)38(39)37-29-18-6-12-24-11-5-17-28(34(24)29)36(37)32-21-26-15-3-9-23-10-4-16-27(32)33(23)26/h3-20,32,36-39H,21H2,1-2H3/t32-,36-,37+,38+,39-/m0/s1. The Morgan fingerprint density at radius 1 is 0.537 bits per heavy atom. The van der Waals surface area contributed by atoms with Crippen molar-refractivity contribution < 1.29 is 0 Å². The van der Waals surface area contributed by atoms with E-state index >= 15 is 0 Å². The van der Waals surface area contributed by atoms with Crippen molar-refractivity contribution in [1.29, 1.82) is 5.26 Å². The highest BCUT2D eigenvalue weighted by Crippen LogP contribution is 2.67. The van der Waals surface area contributed by atoms with Crippen LogP contribution >= 0.6 is 0 Å². The van der Waals surface area contributed by atoms with Crippen molar-refractivity contribution in [2.45, 2.75) is 49.9 Å². The van der Waals surface area contributed by atoms with E-state index in [9.17, 15) is 5.26 Å². The lowest BCUT2D eigenvalue weighted by Crippen LogP contribution is -2.29. The number of hydrogen-bond acceptors (Lipinski definition) is 1. The van der Waals surface area contributed by atoms with Gasteiger partial charge >= 0.3 is 0 Å². The fourth-order valence-corrected chi connectivity index (χ4v) is 9.44. The normalized spacial score (nSPS) is 24.0. The Kier molecular flexibility index (Phi) is 4.59. The van der Waals surface area contributed by atoms with Gasteiger partial charge in [-0.05, 0) is 104 Å². The Hall–Kier alpha value is -4.41. The maximum atomic E-state index is 10.6. The first kappa shape index (κ1) is 23.3. The van der Waals surface area contributed by atoms with Gasteiger partial charge < -0.3 is 0 Å². The van der Waals surface area contributed by atoms with Gasteiger partial charge in [0.25, 0.3) is 0 Å². The van der Waals surface area contributed by atoms with E-state index in [4.69, 9.17) is 0 Å². The van der Waals surface area contributed by atoms with Crippen LogP contribution in [0.4, 0.5) is 0 Å². The highest BCUT2D eigenvalue weighted by molar-refractivity contribution is 5.97. The van der Waals surface area contributed by atoms with Gasteiger partial charge in [0.15, 0.2) is 0 Å². The fourth-order valence-electron chi connectivity index (χ4n) is 9.44. The third-order valence-electron chi connectivity index (χ3n) is 10.8. The zero-order valence-corrected chi connectivity index (χ0v) is 23.4. The van der Waals surface area contributed by atoms with Crippen molar-refractivity contribution in [3.05, 3.63) is 143 Å². The molecule has 41 heavy (non-hydrogen) atoms. The first-order valence-electron chi connectivity index (χ1n) is 15.0. The average Bonchev–Trinajstić information content (AvgIpc) is 3.65. The summed E-state index contributed by atoms with van der Waals surface area (Å²) < 4.78 is 0. The van der Waals surface area contributed by atoms with Crippen molar-refractivity contribution in [2.24, 2.45) is 5.41 Å². The summed E-state index contributed by atoms with van der Waals surface area (Å²) in [5.74, 6) is 1.34. The Balaban J connectivity index is 1.34. The first-order chi connectivity index (χ1) is 20.1. The molecular weight excluding hydrogens is 494 g/mol. The van der Waals surface area contributed by atoms with Gasteiger partial charge in [0.05, 0.1) is 11.5 Å². The SMILES string of the molecule is CC(C)(C#N)[C@H]1c2cccc3cccc(c23)[C@@H]1[C@@H]1c2cccc3cccc(c23)[C@H]1[C@H]1Cc2cccc3cccc1c23. The molecule has 1 heteroatoms. The van der Waals surface area contributed by atoms with Crippen LogP contribution in [0.5, 0.6) is 0 Å². The van der Waals surface area contributed by atoms with Crippen LogP contribution in [0.1, 0.15) is 76.8 Å². The number of rotatable bonds is 3. The molecule has 5 atom stereocenters. The van der Waals surface area contributed by atoms with Crippen LogP contribution in [0, 0.1) is 16.7 Å². The molecular formula is C40H31N. The van der Waals surface area contributed by atoms with Crippen LogP contribution in [0.2, 0.25) is 0 Å². The van der Waals surface area contributed by atoms with Crippen molar-refractivity contribution in [2.75, 3.05) is 0 Å². The topological polar surface area (TPSA) is 23.8 Å². The van der Waals surface area contributed by atoms with Crippen LogP contribution in [0.3, 0.4) is 0 Å². The lowest BCUT2D eigenvalue weighted by Gasteiger charge is -2.40. The Labute approximate surface area is 241 Å². The maximum absolute atomic E-state index is 10.6. The summed E-state index contributed by atoms with van der Waals surface area (Å²) in [6.07, 6.45) is 1.07. The second-order valence-corrected chi connectivity index (χ2v) is 13.1. The molecule has 0 saturated carbocycles. The Morgan fingerprint density at radius 3 is 1.61 bits per heavy atom. The molecule has 0 spiro atoms. The van der Waals surface area contributed by atoms with Crippen molar-refractivity contribution in [3.63, 3.8) is 0 Å². The van der Waals surface area contributed by atoms with E-state index in [1.54, 1.807) is 0 Å². The zero-order valence-electron chi connectivity index (χ0n) is 23.4. The zero-order chi connectivity index (χ0) is 27.5. The molecule has 196 valence electrons. The minimum absolute atomic E-state index is 0.116. The second-order valence-electron chi connectivity index (χ2n) is 13.1. The quantitative estimate of drug-likeness (QED) is 0.225. The van der Waals surface area contributed by atoms with E-state index in [-0.39, 0.29) is 17.8 Å². The fraction of sp³-hybridized carbons (Fsp3) is 0.225. The molecule has 6 aromatic carbocycles. The molecule has 3 aliphatic rings. The molecule has 0 amide bonds. The first-order valence-corrected chi connectivity index (χ1v) is 15.0. The van der Waals surface area contributed by atoms with Crippen molar-refractivity contribution >= 4 is 32.3 Å². The summed E-state index contributed by atoms with van der Waals surface area (Å²) in [7, 11) is 0. The smallest absolute Gasteiger partial charge is 0.0690 e. The molecule has 0 aromatic heterocycles. The monoisotopic (exact) mass is 525 g/mol. The molecule has 9 rings (SSSR count). The third-order valence-corrected chi connectivity index (χ3v) is 10.8. The molecule has 0 bridgehead atoms. The lowest BCUT2D eigenvalue weighted by atomic mass is 9.62. The van der Waals surface area contributed by atoms with Gasteiger partial charge in [0, 0.05) is 11.8 Å². The minimum Gasteiger partial charge on any atom is -0.198 e. The van der Waals surface area contributed by atoms with Crippen LogP contribution in [0.25, 0.3) is 32.3 Å². The van der Waals surface area contributed by atoms with E-state index in [1.807, 2.05) is 0 Å². The Morgan fingerprint density at radius 2 is 1.00 bits per heavy atom. The predicted molar refractivity (Wildman–Crippen MR) is 169 cm³/mol. The molecule has 1 nitrogen and oxygen atoms in total. The predicted octanol–water partition coefficient (Wildman–Crippen LogP) is 10.1. The largest absolute Gasteiger partial charge is 0.198 e. The van der Waals surface area contributed by atoms with Gasteiger partial charge in [-0.25, -0.2) is 0 Å². The van der Waals surface area contributed by atoms with Crippen LogP contribution in [-0.2, 0) is 6.42 Å². The van der Waals surface area contributed by atoms with Gasteiger partial charge in [-0.1, -0.05) is 109 Å². The van der Waals surface area contributed by atoms with E-state index in [0.29, 0.717) is 11.8 Å². The summed E-state index contributed by atoms with van der Waals surface area (Å²) in [6, 6.07) is 44.0. The molecule has 0 N–H and O–H groups in total. The summed E-state index contributed by atoms with van der Waals surface area (Å²) in [5.41, 5.74) is 8.23. The van der Waals surface area contributed by atoms with Gasteiger partial charge in [-0.2, -0.15) is 5.26 Å². The number of benzene rings is 6. The van der Waals surface area contributed by atoms with Gasteiger partial charge in [0.1, 0.15) is 0 Å². The van der Waals surface area contributed by atoms with E-state index in [1.165, 1.54) is 65.7 Å². The third kappa shape index (κ3) is 2.95. The van der Waals surface area contributed by atoms with Gasteiger partial charge in [-0.3, -0.25) is 0 Å². The molecule has 0 radical (unpaired) electrons. The molecule has 0 saturated heterocycles. The number of nitrogens with zero attached hydrogens (tertiary/aromatic N) is 1. The van der Waals surface area contributed by atoms with Crippen molar-refractivity contribution in [3.8, 4) is 6.07 Å². The molecule has 3 aliphatic carbocycles. The highest BCUT2D eigenvalue weighted by Gasteiger charge is 2.53. The van der Waals surface area contributed by atoms with Crippen LogP contribution < -0.4 is 0 Å². The summed E-state index contributed by atoms with van der Waals surface area (Å²) in [5, 5.41) is 18.9. The maximum Gasteiger partial charge on any atom is 0.0690 e. The molecule has 0 fully saturated rings. The van der Waals surface area contributed by atoms with E-state index < -0.39 is 5.41 Å².